The summed E-state index contributed by atoms with van der Waals surface area (Å²) in [6.07, 6.45) is 4.21. The van der Waals surface area contributed by atoms with E-state index >= 15 is 0 Å². The zero-order valence-electron chi connectivity index (χ0n) is 12.4. The fourth-order valence-electron chi connectivity index (χ4n) is 3.03. The minimum absolute atomic E-state index is 0.524. The van der Waals surface area contributed by atoms with Crippen LogP contribution in [0.1, 0.15) is 32.5 Å². The fourth-order valence-corrected chi connectivity index (χ4v) is 3.03. The van der Waals surface area contributed by atoms with Crippen LogP contribution in [0.25, 0.3) is 11.0 Å². The maximum absolute atomic E-state index is 6.01. The molecule has 2 N–H and O–H groups in total. The molecule has 2 atom stereocenters. The number of likely N-dealkylation sites (tertiary alicyclic amines) is 1. The summed E-state index contributed by atoms with van der Waals surface area (Å²) in [5.41, 5.74) is 6.82. The Morgan fingerprint density at radius 1 is 1.35 bits per heavy atom. The molecule has 1 saturated heterocycles. The Labute approximate surface area is 119 Å². The molecular formula is C14H22N6. The summed E-state index contributed by atoms with van der Waals surface area (Å²) in [5.74, 6) is 2.13. The fraction of sp³-hybridized carbons (Fsp3) is 0.643. The lowest BCUT2D eigenvalue weighted by Gasteiger charge is -2.35. The van der Waals surface area contributed by atoms with E-state index in [1.165, 1.54) is 12.8 Å². The Hall–Kier alpha value is -1.69. The van der Waals surface area contributed by atoms with E-state index in [4.69, 9.17) is 5.73 Å². The number of anilines is 1. The van der Waals surface area contributed by atoms with E-state index in [9.17, 15) is 0 Å². The van der Waals surface area contributed by atoms with Crippen LogP contribution in [-0.2, 0) is 13.6 Å². The summed E-state index contributed by atoms with van der Waals surface area (Å²) in [6, 6.07) is 0.575. The molecule has 0 aromatic carbocycles. The topological polar surface area (TPSA) is 72.9 Å². The molecule has 6 heteroatoms. The molecule has 0 aliphatic carbocycles. The van der Waals surface area contributed by atoms with E-state index in [1.807, 2.05) is 7.05 Å². The largest absolute Gasteiger partial charge is 0.383 e. The molecular weight excluding hydrogens is 252 g/mol. The van der Waals surface area contributed by atoms with Crippen LogP contribution in [0.2, 0.25) is 0 Å². The van der Waals surface area contributed by atoms with Crippen molar-refractivity contribution < 1.29 is 0 Å². The molecule has 2 unspecified atom stereocenters. The molecule has 3 rings (SSSR count). The third-order valence-electron chi connectivity index (χ3n) is 4.29. The number of hydrogen-bond donors (Lipinski definition) is 1. The standard InChI is InChI=1S/C14H22N6/c1-9-4-5-20(10(2)6-9)8-12-17-13(15)11-7-16-19(3)14(11)18-12/h7,9-10H,4-6,8H2,1-3H3,(H2,15,17,18). The number of rotatable bonds is 2. The van der Waals surface area contributed by atoms with E-state index in [1.54, 1.807) is 10.9 Å². The van der Waals surface area contributed by atoms with Crippen molar-refractivity contribution in [2.24, 2.45) is 13.0 Å². The lowest BCUT2D eigenvalue weighted by molar-refractivity contribution is 0.119. The van der Waals surface area contributed by atoms with Crippen LogP contribution in [0.15, 0.2) is 6.20 Å². The first-order valence-electron chi connectivity index (χ1n) is 7.22. The molecule has 1 aliphatic heterocycles. The lowest BCUT2D eigenvalue weighted by Crippen LogP contribution is -2.40. The van der Waals surface area contributed by atoms with Crippen molar-refractivity contribution >= 4 is 16.9 Å². The number of piperidine rings is 1. The zero-order chi connectivity index (χ0) is 14.3. The summed E-state index contributed by atoms with van der Waals surface area (Å²) in [7, 11) is 1.88. The van der Waals surface area contributed by atoms with Gasteiger partial charge in [-0.1, -0.05) is 6.92 Å². The van der Waals surface area contributed by atoms with Crippen LogP contribution in [0, 0.1) is 5.92 Å². The van der Waals surface area contributed by atoms with Crippen LogP contribution in [0.3, 0.4) is 0 Å². The lowest BCUT2D eigenvalue weighted by atomic mass is 9.93. The first kappa shape index (κ1) is 13.3. The van der Waals surface area contributed by atoms with Gasteiger partial charge in [-0.3, -0.25) is 9.58 Å². The number of nitrogens with zero attached hydrogens (tertiary/aromatic N) is 5. The number of hydrogen-bond acceptors (Lipinski definition) is 5. The van der Waals surface area contributed by atoms with Crippen molar-refractivity contribution in [2.75, 3.05) is 12.3 Å². The molecule has 0 saturated carbocycles. The second kappa shape index (κ2) is 5.01. The van der Waals surface area contributed by atoms with Crippen molar-refractivity contribution in [3.05, 3.63) is 12.0 Å². The highest BCUT2D eigenvalue weighted by atomic mass is 15.3. The number of fused-ring (bicyclic) bond motifs is 1. The first-order chi connectivity index (χ1) is 9.54. The second-order valence-electron chi connectivity index (χ2n) is 5.98. The molecule has 0 amide bonds. The van der Waals surface area contributed by atoms with Crippen molar-refractivity contribution in [3.8, 4) is 0 Å². The normalized spacial score (nSPS) is 24.4. The molecule has 0 radical (unpaired) electrons. The summed E-state index contributed by atoms with van der Waals surface area (Å²) >= 11 is 0. The molecule has 6 nitrogen and oxygen atoms in total. The maximum atomic E-state index is 6.01. The van der Waals surface area contributed by atoms with Gasteiger partial charge in [-0.15, -0.1) is 0 Å². The van der Waals surface area contributed by atoms with Gasteiger partial charge in [0, 0.05) is 13.1 Å². The predicted molar refractivity (Wildman–Crippen MR) is 79.0 cm³/mol. The third-order valence-corrected chi connectivity index (χ3v) is 4.29. The van der Waals surface area contributed by atoms with Gasteiger partial charge in [0.05, 0.1) is 18.1 Å². The van der Waals surface area contributed by atoms with Gasteiger partial charge >= 0.3 is 0 Å². The Kier molecular flexibility index (Phi) is 3.33. The average Bonchev–Trinajstić information content (AvgIpc) is 2.76. The Morgan fingerprint density at radius 3 is 2.90 bits per heavy atom. The number of nitrogen functional groups attached to an aromatic ring is 1. The van der Waals surface area contributed by atoms with E-state index in [2.05, 4.69) is 33.8 Å². The average molecular weight is 274 g/mol. The SMILES string of the molecule is CC1CCN(Cc2nc(N)c3cnn(C)c3n2)C(C)C1. The molecule has 1 fully saturated rings. The zero-order valence-corrected chi connectivity index (χ0v) is 12.4. The molecule has 1 aliphatic rings. The molecule has 20 heavy (non-hydrogen) atoms. The number of aryl methyl sites for hydroxylation is 1. The van der Waals surface area contributed by atoms with Gasteiger partial charge in [-0.25, -0.2) is 9.97 Å². The van der Waals surface area contributed by atoms with Gasteiger partial charge in [0.2, 0.25) is 0 Å². The minimum atomic E-state index is 0.524. The van der Waals surface area contributed by atoms with Crippen LogP contribution in [0.5, 0.6) is 0 Å². The third kappa shape index (κ3) is 2.35. The van der Waals surface area contributed by atoms with Gasteiger partial charge in [0.1, 0.15) is 11.6 Å². The minimum Gasteiger partial charge on any atom is -0.383 e. The van der Waals surface area contributed by atoms with Gasteiger partial charge in [-0.2, -0.15) is 5.10 Å². The number of nitrogens with two attached hydrogens (primary N) is 1. The summed E-state index contributed by atoms with van der Waals surface area (Å²) < 4.78 is 1.75. The predicted octanol–water partition coefficient (Wildman–Crippen LogP) is 1.57. The molecule has 0 bridgehead atoms. The van der Waals surface area contributed by atoms with E-state index < -0.39 is 0 Å². The summed E-state index contributed by atoms with van der Waals surface area (Å²) in [6.45, 7) is 6.47. The molecule has 3 heterocycles. The Bertz CT molecular complexity index is 619. The Balaban J connectivity index is 1.85. The van der Waals surface area contributed by atoms with Gasteiger partial charge in [0.25, 0.3) is 0 Å². The van der Waals surface area contributed by atoms with Gasteiger partial charge in [-0.05, 0) is 32.2 Å². The quantitative estimate of drug-likeness (QED) is 0.899. The van der Waals surface area contributed by atoms with Gasteiger partial charge < -0.3 is 5.73 Å². The monoisotopic (exact) mass is 274 g/mol. The van der Waals surface area contributed by atoms with E-state index in [0.717, 1.165) is 35.9 Å². The van der Waals surface area contributed by atoms with Crippen molar-refractivity contribution in [2.45, 2.75) is 39.3 Å². The molecule has 0 spiro atoms. The highest BCUT2D eigenvalue weighted by Crippen LogP contribution is 2.24. The number of aromatic nitrogens is 4. The van der Waals surface area contributed by atoms with E-state index in [-0.39, 0.29) is 0 Å². The highest BCUT2D eigenvalue weighted by molar-refractivity contribution is 5.84. The molecule has 2 aromatic rings. The molecule has 108 valence electrons. The van der Waals surface area contributed by atoms with Crippen LogP contribution in [0.4, 0.5) is 5.82 Å². The van der Waals surface area contributed by atoms with E-state index in [0.29, 0.717) is 11.9 Å². The Morgan fingerprint density at radius 2 is 2.15 bits per heavy atom. The smallest absolute Gasteiger partial charge is 0.163 e. The van der Waals surface area contributed by atoms with Crippen molar-refractivity contribution in [1.82, 2.24) is 24.6 Å². The summed E-state index contributed by atoms with van der Waals surface area (Å²) in [5, 5.41) is 5.02. The second-order valence-corrected chi connectivity index (χ2v) is 5.98. The highest BCUT2D eigenvalue weighted by Gasteiger charge is 2.24. The van der Waals surface area contributed by atoms with Crippen LogP contribution in [-0.4, -0.2) is 37.2 Å². The van der Waals surface area contributed by atoms with Crippen molar-refractivity contribution in [3.63, 3.8) is 0 Å². The summed E-state index contributed by atoms with van der Waals surface area (Å²) in [4.78, 5) is 11.5. The van der Waals surface area contributed by atoms with Crippen LogP contribution < -0.4 is 5.73 Å². The maximum Gasteiger partial charge on any atom is 0.163 e. The van der Waals surface area contributed by atoms with Crippen molar-refractivity contribution in [1.29, 1.82) is 0 Å². The van der Waals surface area contributed by atoms with Gasteiger partial charge in [0.15, 0.2) is 5.65 Å². The van der Waals surface area contributed by atoms with Crippen LogP contribution >= 0.6 is 0 Å². The first-order valence-corrected chi connectivity index (χ1v) is 7.22. The molecule has 2 aromatic heterocycles.